The van der Waals surface area contributed by atoms with Gasteiger partial charge in [0.25, 0.3) is 5.91 Å². The smallest absolute Gasteiger partial charge is 0.328 e. The molecule has 154 valence electrons. The highest BCUT2D eigenvalue weighted by Crippen LogP contribution is 2.39. The average Bonchev–Trinajstić information content (AvgIpc) is 3.21. The Bertz CT molecular complexity index is 887. The van der Waals surface area contributed by atoms with E-state index in [0.717, 1.165) is 11.4 Å². The number of hydrogen-bond acceptors (Lipinski definition) is 6. The van der Waals surface area contributed by atoms with E-state index < -0.39 is 5.54 Å². The molecule has 3 amide bonds. The Morgan fingerprint density at radius 3 is 2.48 bits per heavy atom. The number of carbonyl (C=O) groups is 2. The van der Waals surface area contributed by atoms with Crippen LogP contribution in [0.5, 0.6) is 0 Å². The molecule has 2 saturated heterocycles. The SMILES string of the molecule is CC(C)CN1C(=O)N(Cc2cnn(C)c2)C(=O)C12CCN(c1cnccn1)CC2. The van der Waals surface area contributed by atoms with Crippen molar-refractivity contribution in [2.24, 2.45) is 13.0 Å². The van der Waals surface area contributed by atoms with E-state index in [1.54, 1.807) is 29.5 Å². The Morgan fingerprint density at radius 1 is 1.14 bits per heavy atom. The van der Waals surface area contributed by atoms with Gasteiger partial charge in [-0.25, -0.2) is 9.78 Å². The van der Waals surface area contributed by atoms with E-state index in [-0.39, 0.29) is 24.4 Å². The number of piperidine rings is 1. The zero-order chi connectivity index (χ0) is 20.6. The van der Waals surface area contributed by atoms with Crippen molar-refractivity contribution in [3.8, 4) is 0 Å². The van der Waals surface area contributed by atoms with Gasteiger partial charge < -0.3 is 9.80 Å². The summed E-state index contributed by atoms with van der Waals surface area (Å²) in [5.74, 6) is 0.993. The van der Waals surface area contributed by atoms with Crippen molar-refractivity contribution in [2.45, 2.75) is 38.8 Å². The third-order valence-corrected chi connectivity index (χ3v) is 5.73. The zero-order valence-corrected chi connectivity index (χ0v) is 17.2. The maximum atomic E-state index is 13.5. The number of urea groups is 1. The molecule has 2 aliphatic heterocycles. The summed E-state index contributed by atoms with van der Waals surface area (Å²) in [6.45, 7) is 6.29. The fourth-order valence-electron chi connectivity index (χ4n) is 4.32. The largest absolute Gasteiger partial charge is 0.355 e. The first-order chi connectivity index (χ1) is 13.9. The van der Waals surface area contributed by atoms with Gasteiger partial charge in [-0.3, -0.25) is 19.4 Å². The zero-order valence-electron chi connectivity index (χ0n) is 17.2. The molecular formula is C20H27N7O2. The van der Waals surface area contributed by atoms with Gasteiger partial charge in [-0.1, -0.05) is 13.8 Å². The Morgan fingerprint density at radius 2 is 1.90 bits per heavy atom. The van der Waals surface area contributed by atoms with E-state index >= 15 is 0 Å². The summed E-state index contributed by atoms with van der Waals surface area (Å²) in [6.07, 6.45) is 9.78. The molecular weight excluding hydrogens is 370 g/mol. The van der Waals surface area contributed by atoms with Crippen LogP contribution >= 0.6 is 0 Å². The van der Waals surface area contributed by atoms with Crippen molar-refractivity contribution in [1.82, 2.24) is 29.5 Å². The Labute approximate surface area is 170 Å². The Kier molecular flexibility index (Phi) is 4.97. The third kappa shape index (κ3) is 3.45. The molecule has 2 aromatic heterocycles. The van der Waals surface area contributed by atoms with Crippen LogP contribution < -0.4 is 4.90 Å². The topological polar surface area (TPSA) is 87.5 Å². The summed E-state index contributed by atoms with van der Waals surface area (Å²) >= 11 is 0. The summed E-state index contributed by atoms with van der Waals surface area (Å²) in [5.41, 5.74) is 0.0789. The predicted octanol–water partition coefficient (Wildman–Crippen LogP) is 1.67. The van der Waals surface area contributed by atoms with Crippen molar-refractivity contribution in [3.63, 3.8) is 0 Å². The monoisotopic (exact) mass is 397 g/mol. The lowest BCUT2D eigenvalue weighted by Crippen LogP contribution is -2.57. The minimum atomic E-state index is -0.776. The van der Waals surface area contributed by atoms with Crippen LogP contribution in [0.3, 0.4) is 0 Å². The summed E-state index contributed by atoms with van der Waals surface area (Å²) in [7, 11) is 1.83. The number of aryl methyl sites for hydroxylation is 1. The highest BCUT2D eigenvalue weighted by Gasteiger charge is 2.57. The number of rotatable bonds is 5. The van der Waals surface area contributed by atoms with Crippen LogP contribution in [0, 0.1) is 5.92 Å². The lowest BCUT2D eigenvalue weighted by molar-refractivity contribution is -0.134. The van der Waals surface area contributed by atoms with Crippen molar-refractivity contribution < 1.29 is 9.59 Å². The highest BCUT2D eigenvalue weighted by molar-refractivity contribution is 6.07. The number of aromatic nitrogens is 4. The molecule has 0 bridgehead atoms. The number of carbonyl (C=O) groups excluding carboxylic acids is 2. The van der Waals surface area contributed by atoms with Gasteiger partial charge in [0.15, 0.2) is 0 Å². The maximum Gasteiger partial charge on any atom is 0.328 e. The molecule has 2 aromatic rings. The predicted molar refractivity (Wildman–Crippen MR) is 107 cm³/mol. The first-order valence-electron chi connectivity index (χ1n) is 10.0. The first-order valence-corrected chi connectivity index (χ1v) is 10.0. The van der Waals surface area contributed by atoms with Crippen LogP contribution in [-0.2, 0) is 18.4 Å². The molecule has 2 fully saturated rings. The van der Waals surface area contributed by atoms with Gasteiger partial charge in [-0.2, -0.15) is 5.10 Å². The maximum absolute atomic E-state index is 13.5. The molecule has 1 spiro atoms. The number of nitrogens with zero attached hydrogens (tertiary/aromatic N) is 7. The summed E-state index contributed by atoms with van der Waals surface area (Å²) in [5, 5.41) is 4.16. The van der Waals surface area contributed by atoms with Gasteiger partial charge in [0, 0.05) is 50.8 Å². The van der Waals surface area contributed by atoms with Crippen molar-refractivity contribution in [3.05, 3.63) is 36.5 Å². The van der Waals surface area contributed by atoms with Gasteiger partial charge >= 0.3 is 6.03 Å². The number of amides is 3. The fourth-order valence-corrected chi connectivity index (χ4v) is 4.32. The van der Waals surface area contributed by atoms with Gasteiger partial charge in [0.1, 0.15) is 11.4 Å². The Hall–Kier alpha value is -2.97. The van der Waals surface area contributed by atoms with E-state index in [0.29, 0.717) is 32.5 Å². The molecule has 4 rings (SSSR count). The second kappa shape index (κ2) is 7.46. The second-order valence-electron chi connectivity index (χ2n) is 8.28. The van der Waals surface area contributed by atoms with Gasteiger partial charge in [-0.15, -0.1) is 0 Å². The molecule has 2 aliphatic rings. The quantitative estimate of drug-likeness (QED) is 0.713. The number of hydrogen-bond donors (Lipinski definition) is 0. The summed E-state index contributed by atoms with van der Waals surface area (Å²) in [6, 6.07) is -0.194. The van der Waals surface area contributed by atoms with E-state index in [2.05, 4.69) is 33.8 Å². The van der Waals surface area contributed by atoms with Crippen LogP contribution in [-0.4, -0.2) is 66.7 Å². The van der Waals surface area contributed by atoms with Crippen LogP contribution in [0.1, 0.15) is 32.3 Å². The van der Waals surface area contributed by atoms with Crippen molar-refractivity contribution in [1.29, 1.82) is 0 Å². The lowest BCUT2D eigenvalue weighted by Gasteiger charge is -2.43. The standard InChI is InChI=1S/C20H27N7O2/c1-15(2)12-27-19(29)26(14-16-10-23-24(3)13-16)18(28)20(27)4-8-25(9-5-20)17-11-21-6-7-22-17/h6-7,10-11,13,15H,4-5,8-9,12,14H2,1-3H3. The average molecular weight is 397 g/mol. The van der Waals surface area contributed by atoms with Gasteiger partial charge in [0.2, 0.25) is 0 Å². The molecule has 0 radical (unpaired) electrons. The third-order valence-electron chi connectivity index (χ3n) is 5.73. The molecule has 9 nitrogen and oxygen atoms in total. The van der Waals surface area contributed by atoms with E-state index in [9.17, 15) is 9.59 Å². The van der Waals surface area contributed by atoms with Crippen LogP contribution in [0.15, 0.2) is 31.0 Å². The molecule has 0 unspecified atom stereocenters. The highest BCUT2D eigenvalue weighted by atomic mass is 16.2. The minimum Gasteiger partial charge on any atom is -0.355 e. The normalized spacial score (nSPS) is 19.1. The van der Waals surface area contributed by atoms with Crippen LogP contribution in [0.2, 0.25) is 0 Å². The van der Waals surface area contributed by atoms with E-state index in [1.807, 2.05) is 18.1 Å². The number of anilines is 1. The van der Waals surface area contributed by atoms with Crippen LogP contribution in [0.4, 0.5) is 10.6 Å². The van der Waals surface area contributed by atoms with Crippen molar-refractivity contribution in [2.75, 3.05) is 24.5 Å². The fraction of sp³-hybridized carbons (Fsp3) is 0.550. The van der Waals surface area contributed by atoms with Crippen LogP contribution in [0.25, 0.3) is 0 Å². The summed E-state index contributed by atoms with van der Waals surface area (Å²) in [4.78, 5) is 40.6. The molecule has 0 N–H and O–H groups in total. The van der Waals surface area contributed by atoms with E-state index in [1.165, 1.54) is 4.90 Å². The molecule has 0 aliphatic carbocycles. The second-order valence-corrected chi connectivity index (χ2v) is 8.28. The lowest BCUT2D eigenvalue weighted by atomic mass is 9.85. The molecule has 0 saturated carbocycles. The van der Waals surface area contributed by atoms with E-state index in [4.69, 9.17) is 0 Å². The molecule has 0 aromatic carbocycles. The molecule has 29 heavy (non-hydrogen) atoms. The molecule has 4 heterocycles. The number of imide groups is 1. The van der Waals surface area contributed by atoms with Gasteiger partial charge in [-0.05, 0) is 18.8 Å². The molecule has 0 atom stereocenters. The van der Waals surface area contributed by atoms with Gasteiger partial charge in [0.05, 0.1) is 18.9 Å². The minimum absolute atomic E-state index is 0.0919. The molecule has 9 heteroatoms. The van der Waals surface area contributed by atoms with Crippen molar-refractivity contribution >= 4 is 17.8 Å². The first kappa shape index (κ1) is 19.4. The Balaban J connectivity index is 1.58. The summed E-state index contributed by atoms with van der Waals surface area (Å²) < 4.78 is 1.68.